The molecule has 1 saturated heterocycles. The zero-order valence-corrected chi connectivity index (χ0v) is 10.1. The maximum Gasteiger partial charge on any atom is 0.147 e. The fraction of sp³-hybridized carbons (Fsp3) is 0.538. The largest absolute Gasteiger partial charge is 0.350 e. The van der Waals surface area contributed by atoms with Gasteiger partial charge in [0.25, 0.3) is 0 Å². The van der Waals surface area contributed by atoms with Crippen LogP contribution in [-0.2, 0) is 0 Å². The molecule has 0 N–H and O–H groups in total. The lowest BCUT2D eigenvalue weighted by atomic mass is 10.0. The molecule has 1 fully saturated rings. The van der Waals surface area contributed by atoms with Crippen LogP contribution in [-0.4, -0.2) is 17.1 Å². The molecule has 3 nitrogen and oxygen atoms in total. The van der Waals surface area contributed by atoms with E-state index in [1.807, 2.05) is 19.1 Å². The van der Waals surface area contributed by atoms with Crippen LogP contribution in [0.5, 0.6) is 0 Å². The number of nitrogens with zero attached hydrogens (tertiary/aromatic N) is 3. The molecule has 3 heteroatoms. The van der Waals surface area contributed by atoms with Gasteiger partial charge in [0, 0.05) is 17.8 Å². The predicted molar refractivity (Wildman–Crippen MR) is 64.3 cm³/mol. The molecule has 0 atom stereocenters. The van der Waals surface area contributed by atoms with Gasteiger partial charge < -0.3 is 4.90 Å². The number of nitriles is 1. The number of anilines is 1. The smallest absolute Gasteiger partial charge is 0.147 e. The van der Waals surface area contributed by atoms with Gasteiger partial charge in [-0.25, -0.2) is 4.98 Å². The Morgan fingerprint density at radius 1 is 1.44 bits per heavy atom. The quantitative estimate of drug-likeness (QED) is 0.723. The van der Waals surface area contributed by atoms with Gasteiger partial charge in [0.2, 0.25) is 0 Å². The second kappa shape index (κ2) is 3.79. The van der Waals surface area contributed by atoms with Gasteiger partial charge in [-0.05, 0) is 45.7 Å². The van der Waals surface area contributed by atoms with Crippen LogP contribution in [0, 0.1) is 18.3 Å². The monoisotopic (exact) mass is 215 g/mol. The Morgan fingerprint density at radius 2 is 2.19 bits per heavy atom. The van der Waals surface area contributed by atoms with E-state index >= 15 is 0 Å². The minimum absolute atomic E-state index is 0.117. The fourth-order valence-electron chi connectivity index (χ4n) is 2.34. The van der Waals surface area contributed by atoms with Crippen molar-refractivity contribution in [2.45, 2.75) is 39.2 Å². The molecule has 0 spiro atoms. The van der Waals surface area contributed by atoms with Crippen LogP contribution in [0.4, 0.5) is 5.82 Å². The normalized spacial score (nSPS) is 18.5. The third kappa shape index (κ3) is 1.76. The molecule has 84 valence electrons. The highest BCUT2D eigenvalue weighted by atomic mass is 15.3. The van der Waals surface area contributed by atoms with E-state index in [4.69, 9.17) is 5.26 Å². The van der Waals surface area contributed by atoms with E-state index < -0.39 is 0 Å². The van der Waals surface area contributed by atoms with Crippen molar-refractivity contribution < 1.29 is 0 Å². The summed E-state index contributed by atoms with van der Waals surface area (Å²) in [6, 6.07) is 5.99. The summed E-state index contributed by atoms with van der Waals surface area (Å²) in [7, 11) is 0. The Morgan fingerprint density at radius 3 is 2.75 bits per heavy atom. The first kappa shape index (κ1) is 10.9. The molecule has 1 aliphatic heterocycles. The molecule has 0 saturated carbocycles. The Labute approximate surface area is 96.7 Å². The number of rotatable bonds is 1. The first-order valence-electron chi connectivity index (χ1n) is 5.70. The Balaban J connectivity index is 2.47. The van der Waals surface area contributed by atoms with Gasteiger partial charge in [-0.3, -0.25) is 0 Å². The molecule has 16 heavy (non-hydrogen) atoms. The Hall–Kier alpha value is -1.56. The molecule has 1 aromatic rings. The minimum atomic E-state index is 0.117. The van der Waals surface area contributed by atoms with Crippen LogP contribution < -0.4 is 4.90 Å². The van der Waals surface area contributed by atoms with Gasteiger partial charge in [0.1, 0.15) is 11.9 Å². The third-order valence-electron chi connectivity index (χ3n) is 3.29. The van der Waals surface area contributed by atoms with Crippen LogP contribution in [0.15, 0.2) is 12.1 Å². The summed E-state index contributed by atoms with van der Waals surface area (Å²) >= 11 is 0. The standard InChI is InChI=1S/C13H17N3/c1-10-5-6-11(9-14)12(15-10)16-8-4-7-13(16,2)3/h5-6H,4,7-8H2,1-3H3. The van der Waals surface area contributed by atoms with Crippen LogP contribution in [0.25, 0.3) is 0 Å². The Kier molecular flexibility index (Phi) is 2.59. The van der Waals surface area contributed by atoms with Crippen molar-refractivity contribution in [2.24, 2.45) is 0 Å². The van der Waals surface area contributed by atoms with Crippen molar-refractivity contribution in [3.63, 3.8) is 0 Å². The lowest BCUT2D eigenvalue weighted by Crippen LogP contribution is -2.39. The number of hydrogen-bond donors (Lipinski definition) is 0. The highest BCUT2D eigenvalue weighted by molar-refractivity contribution is 5.56. The number of pyridine rings is 1. The molecular weight excluding hydrogens is 198 g/mol. The Bertz CT molecular complexity index is 443. The van der Waals surface area contributed by atoms with E-state index in [-0.39, 0.29) is 5.54 Å². The lowest BCUT2D eigenvalue weighted by molar-refractivity contribution is 0.514. The predicted octanol–water partition coefficient (Wildman–Crippen LogP) is 2.64. The van der Waals surface area contributed by atoms with Crippen LogP contribution >= 0.6 is 0 Å². The molecule has 2 heterocycles. The summed E-state index contributed by atoms with van der Waals surface area (Å²) in [5.41, 5.74) is 1.77. The van der Waals surface area contributed by atoms with Crippen molar-refractivity contribution in [3.05, 3.63) is 23.4 Å². The first-order valence-corrected chi connectivity index (χ1v) is 5.70. The third-order valence-corrected chi connectivity index (χ3v) is 3.29. The van der Waals surface area contributed by atoms with E-state index in [0.717, 1.165) is 24.5 Å². The summed E-state index contributed by atoms with van der Waals surface area (Å²) < 4.78 is 0. The van der Waals surface area contributed by atoms with E-state index in [0.29, 0.717) is 5.56 Å². The molecule has 0 radical (unpaired) electrons. The summed E-state index contributed by atoms with van der Waals surface area (Å²) in [5.74, 6) is 0.852. The van der Waals surface area contributed by atoms with Gasteiger partial charge in [0.15, 0.2) is 0 Å². The van der Waals surface area contributed by atoms with Gasteiger partial charge in [-0.1, -0.05) is 0 Å². The SMILES string of the molecule is Cc1ccc(C#N)c(N2CCCC2(C)C)n1. The van der Waals surface area contributed by atoms with Crippen molar-refractivity contribution in [1.82, 2.24) is 4.98 Å². The van der Waals surface area contributed by atoms with Crippen molar-refractivity contribution in [3.8, 4) is 6.07 Å². The van der Waals surface area contributed by atoms with E-state index in [1.54, 1.807) is 0 Å². The molecule has 2 rings (SSSR count). The van der Waals surface area contributed by atoms with Gasteiger partial charge in [-0.15, -0.1) is 0 Å². The van der Waals surface area contributed by atoms with Gasteiger partial charge in [0.05, 0.1) is 5.56 Å². The zero-order valence-electron chi connectivity index (χ0n) is 10.1. The molecule has 1 aliphatic rings. The molecule has 0 amide bonds. The maximum atomic E-state index is 9.12. The van der Waals surface area contributed by atoms with Gasteiger partial charge >= 0.3 is 0 Å². The zero-order chi connectivity index (χ0) is 11.8. The number of aromatic nitrogens is 1. The molecule has 0 aliphatic carbocycles. The second-order valence-electron chi connectivity index (χ2n) is 5.00. The van der Waals surface area contributed by atoms with Gasteiger partial charge in [-0.2, -0.15) is 5.26 Å². The highest BCUT2D eigenvalue weighted by Crippen LogP contribution is 2.34. The molecule has 0 aromatic carbocycles. The minimum Gasteiger partial charge on any atom is -0.350 e. The highest BCUT2D eigenvalue weighted by Gasteiger charge is 2.34. The van der Waals surface area contributed by atoms with Crippen LogP contribution in [0.2, 0.25) is 0 Å². The summed E-state index contributed by atoms with van der Waals surface area (Å²) in [6.45, 7) is 7.39. The summed E-state index contributed by atoms with van der Waals surface area (Å²) in [6.07, 6.45) is 2.33. The van der Waals surface area contributed by atoms with Crippen LogP contribution in [0.3, 0.4) is 0 Å². The van der Waals surface area contributed by atoms with E-state index in [1.165, 1.54) is 6.42 Å². The molecule has 1 aromatic heterocycles. The molecular formula is C13H17N3. The molecule has 0 bridgehead atoms. The summed E-state index contributed by atoms with van der Waals surface area (Å²) in [5, 5.41) is 9.12. The van der Waals surface area contributed by atoms with Crippen molar-refractivity contribution in [2.75, 3.05) is 11.4 Å². The lowest BCUT2D eigenvalue weighted by Gasteiger charge is -2.33. The fourth-order valence-corrected chi connectivity index (χ4v) is 2.34. The number of aryl methyl sites for hydroxylation is 1. The first-order chi connectivity index (χ1) is 7.54. The van der Waals surface area contributed by atoms with E-state index in [2.05, 4.69) is 29.8 Å². The molecule has 0 unspecified atom stereocenters. The maximum absolute atomic E-state index is 9.12. The average molecular weight is 215 g/mol. The average Bonchev–Trinajstić information content (AvgIpc) is 2.58. The second-order valence-corrected chi connectivity index (χ2v) is 5.00. The number of hydrogen-bond acceptors (Lipinski definition) is 3. The van der Waals surface area contributed by atoms with Crippen LogP contribution in [0.1, 0.15) is 37.9 Å². The van der Waals surface area contributed by atoms with Crippen molar-refractivity contribution in [1.29, 1.82) is 5.26 Å². The topological polar surface area (TPSA) is 39.9 Å². The summed E-state index contributed by atoms with van der Waals surface area (Å²) in [4.78, 5) is 6.79. The van der Waals surface area contributed by atoms with E-state index in [9.17, 15) is 0 Å². The van der Waals surface area contributed by atoms with Crippen molar-refractivity contribution >= 4 is 5.82 Å².